The van der Waals surface area contributed by atoms with E-state index in [1.807, 2.05) is 29.2 Å². The van der Waals surface area contributed by atoms with E-state index in [1.54, 1.807) is 0 Å². The van der Waals surface area contributed by atoms with Crippen molar-refractivity contribution >= 4 is 17.5 Å². The molecule has 0 N–H and O–H groups in total. The van der Waals surface area contributed by atoms with Gasteiger partial charge in [-0.3, -0.25) is 9.69 Å². The maximum Gasteiger partial charge on any atom is 0.260 e. The number of carbonyl (C=O) groups is 1. The van der Waals surface area contributed by atoms with Crippen molar-refractivity contribution in [2.45, 2.75) is 39.7 Å². The van der Waals surface area contributed by atoms with E-state index in [1.165, 1.54) is 16.7 Å². The SMILES string of the molecule is CCCCc1cc(C)ccc1OCC(=O)N1CCN(Cc2ccc(Cl)cc2)CC1. The Morgan fingerprint density at radius 2 is 1.79 bits per heavy atom. The number of benzene rings is 2. The number of piperazine rings is 1. The molecule has 5 heteroatoms. The zero-order valence-electron chi connectivity index (χ0n) is 17.5. The molecule has 0 saturated carbocycles. The third-order valence-corrected chi connectivity index (χ3v) is 5.66. The average molecular weight is 415 g/mol. The molecule has 1 fully saturated rings. The van der Waals surface area contributed by atoms with Crippen molar-refractivity contribution < 1.29 is 9.53 Å². The zero-order valence-corrected chi connectivity index (χ0v) is 18.3. The van der Waals surface area contributed by atoms with Crippen molar-refractivity contribution in [1.82, 2.24) is 9.80 Å². The molecule has 0 radical (unpaired) electrons. The van der Waals surface area contributed by atoms with E-state index in [4.69, 9.17) is 16.3 Å². The lowest BCUT2D eigenvalue weighted by Crippen LogP contribution is -2.49. The molecule has 1 amide bonds. The fraction of sp³-hybridized carbons (Fsp3) is 0.458. The Balaban J connectivity index is 1.47. The fourth-order valence-electron chi connectivity index (χ4n) is 3.65. The molecular weight excluding hydrogens is 384 g/mol. The van der Waals surface area contributed by atoms with Gasteiger partial charge in [-0.25, -0.2) is 0 Å². The Hall–Kier alpha value is -2.04. The molecule has 1 saturated heterocycles. The summed E-state index contributed by atoms with van der Waals surface area (Å²) < 4.78 is 5.92. The van der Waals surface area contributed by atoms with Gasteiger partial charge >= 0.3 is 0 Å². The maximum absolute atomic E-state index is 12.6. The van der Waals surface area contributed by atoms with E-state index < -0.39 is 0 Å². The zero-order chi connectivity index (χ0) is 20.6. The van der Waals surface area contributed by atoms with Gasteiger partial charge in [-0.1, -0.05) is 54.8 Å². The number of ether oxygens (including phenoxy) is 1. The molecule has 0 aromatic heterocycles. The van der Waals surface area contributed by atoms with Crippen LogP contribution in [0.2, 0.25) is 5.02 Å². The van der Waals surface area contributed by atoms with Crippen molar-refractivity contribution in [2.75, 3.05) is 32.8 Å². The van der Waals surface area contributed by atoms with Crippen LogP contribution < -0.4 is 4.74 Å². The molecule has 2 aromatic carbocycles. The second-order valence-corrected chi connectivity index (χ2v) is 8.22. The second kappa shape index (κ2) is 10.7. The first kappa shape index (κ1) is 21.7. The van der Waals surface area contributed by atoms with Crippen molar-refractivity contribution in [3.05, 3.63) is 64.2 Å². The summed E-state index contributed by atoms with van der Waals surface area (Å²) in [7, 11) is 0. The Bertz CT molecular complexity index is 799. The Labute approximate surface area is 179 Å². The number of unbranched alkanes of at least 4 members (excludes halogenated alkanes) is 1. The first-order valence-corrected chi connectivity index (χ1v) is 10.9. The van der Waals surface area contributed by atoms with Crippen LogP contribution in [0.3, 0.4) is 0 Å². The molecule has 0 atom stereocenters. The van der Waals surface area contributed by atoms with Gasteiger partial charge in [-0.15, -0.1) is 0 Å². The normalized spacial score (nSPS) is 14.8. The van der Waals surface area contributed by atoms with E-state index in [2.05, 4.69) is 36.9 Å². The van der Waals surface area contributed by atoms with Gasteiger partial charge in [-0.2, -0.15) is 0 Å². The van der Waals surface area contributed by atoms with Gasteiger partial charge in [0.25, 0.3) is 5.91 Å². The minimum atomic E-state index is 0.0677. The summed E-state index contributed by atoms with van der Waals surface area (Å²) in [5.41, 5.74) is 3.68. The van der Waals surface area contributed by atoms with Crippen LogP contribution in [0.25, 0.3) is 0 Å². The monoisotopic (exact) mass is 414 g/mol. The Kier molecular flexibility index (Phi) is 7.96. The highest BCUT2D eigenvalue weighted by Gasteiger charge is 2.21. The Morgan fingerprint density at radius 1 is 1.07 bits per heavy atom. The summed E-state index contributed by atoms with van der Waals surface area (Å²) in [6.07, 6.45) is 3.26. The molecule has 1 heterocycles. The van der Waals surface area contributed by atoms with Crippen LogP contribution >= 0.6 is 11.6 Å². The van der Waals surface area contributed by atoms with Crippen molar-refractivity contribution in [2.24, 2.45) is 0 Å². The van der Waals surface area contributed by atoms with E-state index >= 15 is 0 Å². The lowest BCUT2D eigenvalue weighted by atomic mass is 10.0. The summed E-state index contributed by atoms with van der Waals surface area (Å²) in [4.78, 5) is 16.9. The smallest absolute Gasteiger partial charge is 0.260 e. The number of nitrogens with zero attached hydrogens (tertiary/aromatic N) is 2. The maximum atomic E-state index is 12.6. The van der Waals surface area contributed by atoms with Gasteiger partial charge in [0.05, 0.1) is 0 Å². The summed E-state index contributed by atoms with van der Waals surface area (Å²) in [6, 6.07) is 14.2. The van der Waals surface area contributed by atoms with Crippen LogP contribution in [0.1, 0.15) is 36.5 Å². The van der Waals surface area contributed by atoms with E-state index in [0.29, 0.717) is 0 Å². The third-order valence-electron chi connectivity index (χ3n) is 5.41. The van der Waals surface area contributed by atoms with Crippen LogP contribution in [-0.2, 0) is 17.8 Å². The molecule has 0 spiro atoms. The minimum Gasteiger partial charge on any atom is -0.483 e. The Morgan fingerprint density at radius 3 is 2.48 bits per heavy atom. The van der Waals surface area contributed by atoms with Gasteiger partial charge in [0, 0.05) is 37.7 Å². The van der Waals surface area contributed by atoms with Crippen LogP contribution in [0.15, 0.2) is 42.5 Å². The minimum absolute atomic E-state index is 0.0677. The number of rotatable bonds is 8. The van der Waals surface area contributed by atoms with Crippen LogP contribution in [0, 0.1) is 6.92 Å². The molecule has 3 rings (SSSR count). The molecule has 0 aliphatic carbocycles. The van der Waals surface area contributed by atoms with Crippen molar-refractivity contribution in [1.29, 1.82) is 0 Å². The van der Waals surface area contributed by atoms with Crippen LogP contribution in [0.4, 0.5) is 0 Å². The highest BCUT2D eigenvalue weighted by atomic mass is 35.5. The van der Waals surface area contributed by atoms with Gasteiger partial charge in [0.2, 0.25) is 0 Å². The average Bonchev–Trinajstić information content (AvgIpc) is 2.73. The molecule has 4 nitrogen and oxygen atoms in total. The highest BCUT2D eigenvalue weighted by molar-refractivity contribution is 6.30. The second-order valence-electron chi connectivity index (χ2n) is 7.79. The summed E-state index contributed by atoms with van der Waals surface area (Å²) in [5, 5.41) is 0.760. The molecule has 2 aromatic rings. The van der Waals surface area contributed by atoms with E-state index in [9.17, 15) is 4.79 Å². The van der Waals surface area contributed by atoms with E-state index in [-0.39, 0.29) is 12.5 Å². The quantitative estimate of drug-likeness (QED) is 0.626. The summed E-state index contributed by atoms with van der Waals surface area (Å²) in [6.45, 7) is 8.51. The summed E-state index contributed by atoms with van der Waals surface area (Å²) in [5.74, 6) is 0.914. The topological polar surface area (TPSA) is 32.8 Å². The standard InChI is InChI=1S/C24H31ClN2O2/c1-3-4-5-21-16-19(2)6-11-23(21)29-18-24(28)27-14-12-26(13-15-27)17-20-7-9-22(25)10-8-20/h6-11,16H,3-5,12-15,17-18H2,1-2H3. The molecule has 0 bridgehead atoms. The van der Waals surface area contributed by atoms with Gasteiger partial charge in [0.1, 0.15) is 5.75 Å². The van der Waals surface area contributed by atoms with Gasteiger partial charge < -0.3 is 9.64 Å². The van der Waals surface area contributed by atoms with Crippen molar-refractivity contribution in [3.63, 3.8) is 0 Å². The van der Waals surface area contributed by atoms with Crippen LogP contribution in [-0.4, -0.2) is 48.5 Å². The third kappa shape index (κ3) is 6.48. The fourth-order valence-corrected chi connectivity index (χ4v) is 3.77. The number of halogens is 1. The number of hydrogen-bond acceptors (Lipinski definition) is 3. The lowest BCUT2D eigenvalue weighted by molar-refractivity contribution is -0.135. The molecule has 0 unspecified atom stereocenters. The van der Waals surface area contributed by atoms with Crippen LogP contribution in [0.5, 0.6) is 5.75 Å². The molecule has 156 valence electrons. The summed E-state index contributed by atoms with van der Waals surface area (Å²) >= 11 is 5.96. The predicted octanol–water partition coefficient (Wildman–Crippen LogP) is 4.71. The van der Waals surface area contributed by atoms with E-state index in [0.717, 1.165) is 62.8 Å². The number of aryl methyl sites for hydroxylation is 2. The first-order chi connectivity index (χ1) is 14.0. The largest absolute Gasteiger partial charge is 0.483 e. The molecule has 1 aliphatic rings. The number of carbonyl (C=O) groups excluding carboxylic acids is 1. The number of amides is 1. The lowest BCUT2D eigenvalue weighted by Gasteiger charge is -2.34. The van der Waals surface area contributed by atoms with Gasteiger partial charge in [-0.05, 0) is 49.1 Å². The number of hydrogen-bond donors (Lipinski definition) is 0. The molecular formula is C24H31ClN2O2. The molecule has 1 aliphatic heterocycles. The first-order valence-electron chi connectivity index (χ1n) is 10.5. The molecule has 29 heavy (non-hydrogen) atoms. The van der Waals surface area contributed by atoms with Gasteiger partial charge in [0.15, 0.2) is 6.61 Å². The predicted molar refractivity (Wildman–Crippen MR) is 119 cm³/mol. The van der Waals surface area contributed by atoms with Crippen molar-refractivity contribution in [3.8, 4) is 5.75 Å². The highest BCUT2D eigenvalue weighted by Crippen LogP contribution is 2.22.